The Morgan fingerprint density at radius 3 is 1.32 bits per heavy atom. The first-order chi connectivity index (χ1) is 31.1. The van der Waals surface area contributed by atoms with Crippen LogP contribution in [-0.4, -0.2) is 11.4 Å². The van der Waals surface area contributed by atoms with Crippen molar-refractivity contribution in [1.29, 1.82) is 0 Å². The molecule has 0 amide bonds. The third-order valence-electron chi connectivity index (χ3n) is 12.9. The molecule has 1 radical (unpaired) electrons. The fourth-order valence-electron chi connectivity index (χ4n) is 9.86. The van der Waals surface area contributed by atoms with Crippen LogP contribution < -0.4 is 9.97 Å². The number of aryl methyl sites for hydroxylation is 6. The first-order valence-corrected chi connectivity index (χ1v) is 23.6. The third kappa shape index (κ3) is 8.14. The fourth-order valence-corrected chi connectivity index (χ4v) is 10.6. The zero-order valence-electron chi connectivity index (χ0n) is 36.5. The maximum atomic E-state index is 5.12. The molecule has 0 bridgehead atoms. The van der Waals surface area contributed by atoms with Gasteiger partial charge >= 0.3 is 17.1 Å². The van der Waals surface area contributed by atoms with Crippen LogP contribution in [0, 0.1) is 27.7 Å². The van der Waals surface area contributed by atoms with Crippen molar-refractivity contribution < 1.29 is 17.1 Å². The number of halogens is 2. The van der Waals surface area contributed by atoms with Crippen LogP contribution in [-0.2, 0) is 29.9 Å². The van der Waals surface area contributed by atoms with E-state index in [0.29, 0.717) is 0 Å². The summed E-state index contributed by atoms with van der Waals surface area (Å²) in [5.41, 5.74) is 23.6. The average Bonchev–Trinajstić information content (AvgIpc) is 4.07. The van der Waals surface area contributed by atoms with Gasteiger partial charge in [-0.15, -0.1) is 22.8 Å². The molecule has 2 aliphatic heterocycles. The maximum absolute atomic E-state index is 5.12. The minimum absolute atomic E-state index is 0. The maximum Gasteiger partial charge on any atom is 2.00 e. The average molecular weight is 1020 g/mol. The standard InChI is InChI=1S/2C29H22BrN2.Cu/c2*1-17-7-11-23(18(2)13-17)29-26-15-21(30)10-12-25(26)27(32-29)16-22-14-20-9-8-19-5-3-4-6-24(19)28(20)31-22;/h2*3-7,10-16H,8-9H2,1-2H3;/q2*-1;+2/b2*22-16-;. The zero-order valence-corrected chi connectivity index (χ0v) is 40.6. The van der Waals surface area contributed by atoms with Crippen LogP contribution in [0.4, 0.5) is 0 Å². The first kappa shape index (κ1) is 43.1. The predicted molar refractivity (Wildman–Crippen MR) is 274 cm³/mol. The van der Waals surface area contributed by atoms with E-state index in [4.69, 9.17) is 20.0 Å². The molecular weight excluding hydrogens is 976 g/mol. The number of aromatic nitrogens is 2. The summed E-state index contributed by atoms with van der Waals surface area (Å²) in [6.45, 7) is 8.58. The molecule has 4 nitrogen and oxygen atoms in total. The van der Waals surface area contributed by atoms with Gasteiger partial charge in [0.15, 0.2) is 0 Å². The van der Waals surface area contributed by atoms with Crippen LogP contribution in [0.5, 0.6) is 0 Å². The second kappa shape index (κ2) is 17.5. The molecule has 2 aromatic heterocycles. The molecule has 0 unspecified atom stereocenters. The van der Waals surface area contributed by atoms with Crippen molar-refractivity contribution in [2.24, 2.45) is 9.98 Å². The molecule has 0 N–H and O–H groups in total. The normalized spacial score (nSPS) is 15.9. The van der Waals surface area contributed by atoms with E-state index < -0.39 is 0 Å². The Balaban J connectivity index is 0.000000151. The molecule has 65 heavy (non-hydrogen) atoms. The van der Waals surface area contributed by atoms with Crippen molar-refractivity contribution in [2.75, 3.05) is 0 Å². The Hall–Kier alpha value is -5.82. The quantitative estimate of drug-likeness (QED) is 0.165. The van der Waals surface area contributed by atoms with Crippen molar-refractivity contribution in [3.8, 4) is 22.5 Å². The molecule has 0 spiro atoms. The number of benzene rings is 6. The molecule has 2 aliphatic carbocycles. The third-order valence-corrected chi connectivity index (χ3v) is 13.9. The van der Waals surface area contributed by atoms with Gasteiger partial charge in [0.2, 0.25) is 0 Å². The van der Waals surface area contributed by atoms with E-state index in [1.54, 1.807) is 0 Å². The summed E-state index contributed by atoms with van der Waals surface area (Å²) in [4.78, 5) is 20.3. The van der Waals surface area contributed by atoms with Crippen molar-refractivity contribution in [3.63, 3.8) is 0 Å². The molecule has 4 aliphatic rings. The first-order valence-electron chi connectivity index (χ1n) is 22.0. The van der Waals surface area contributed by atoms with Gasteiger partial charge in [0.1, 0.15) is 0 Å². The van der Waals surface area contributed by atoms with Gasteiger partial charge in [-0.2, -0.15) is 0 Å². The molecule has 0 saturated carbocycles. The summed E-state index contributed by atoms with van der Waals surface area (Å²) in [6, 6.07) is 43.2. The molecule has 12 rings (SSSR count). The van der Waals surface area contributed by atoms with E-state index in [9.17, 15) is 0 Å². The number of aliphatic imine (C=N–C) groups is 2. The van der Waals surface area contributed by atoms with Gasteiger partial charge in [0.25, 0.3) is 0 Å². The van der Waals surface area contributed by atoms with Crippen LogP contribution in [0.15, 0.2) is 175 Å². The van der Waals surface area contributed by atoms with E-state index >= 15 is 0 Å². The van der Waals surface area contributed by atoms with Crippen molar-refractivity contribution in [3.05, 3.63) is 221 Å². The smallest absolute Gasteiger partial charge is 0.656 e. The van der Waals surface area contributed by atoms with Gasteiger partial charge in [-0.3, -0.25) is 0 Å². The number of hydrogen-bond donors (Lipinski definition) is 0. The Morgan fingerprint density at radius 2 is 0.892 bits per heavy atom. The zero-order chi connectivity index (χ0) is 43.6. The van der Waals surface area contributed by atoms with Gasteiger partial charge < -0.3 is 9.97 Å². The van der Waals surface area contributed by atoms with Crippen LogP contribution in [0.1, 0.15) is 68.7 Å². The van der Waals surface area contributed by atoms with E-state index in [1.807, 2.05) is 0 Å². The van der Waals surface area contributed by atoms with Crippen molar-refractivity contribution >= 4 is 77.0 Å². The van der Waals surface area contributed by atoms with Gasteiger partial charge in [0.05, 0.1) is 22.8 Å². The molecule has 7 heteroatoms. The molecule has 321 valence electrons. The molecule has 0 saturated heterocycles. The molecule has 4 heterocycles. The Morgan fingerprint density at radius 1 is 0.462 bits per heavy atom. The van der Waals surface area contributed by atoms with Crippen LogP contribution in [0.2, 0.25) is 0 Å². The van der Waals surface area contributed by atoms with Crippen LogP contribution in [0.3, 0.4) is 0 Å². The molecule has 6 aromatic carbocycles. The SMILES string of the molecule is Cc1ccc(-c2[n-]c(/C=C3/C=C4CCc5ccccc5C4=N3)c3ccc(Br)cc23)c(C)c1.Cc1ccc(-c2[n-]c(/C=C3/C=C4CCc5ccccc5C4=N3)c3ccc(Br)cc23)c(C)c1.[Cu+2]. The fraction of sp³-hybridized carbons (Fsp3) is 0.138. The van der Waals surface area contributed by atoms with E-state index in [1.165, 1.54) is 77.6 Å². The summed E-state index contributed by atoms with van der Waals surface area (Å²) in [6.07, 6.45) is 13.0. The van der Waals surface area contributed by atoms with Gasteiger partial charge in [-0.05, 0) is 156 Å². The number of allylic oxidation sites excluding steroid dienone is 4. The topological polar surface area (TPSA) is 52.9 Å². The van der Waals surface area contributed by atoms with Crippen LogP contribution in [0.25, 0.3) is 56.2 Å². The van der Waals surface area contributed by atoms with Crippen molar-refractivity contribution in [2.45, 2.75) is 53.4 Å². The number of nitrogens with zero attached hydrogens (tertiary/aromatic N) is 4. The van der Waals surface area contributed by atoms with E-state index in [0.717, 1.165) is 91.0 Å². The Labute approximate surface area is 407 Å². The summed E-state index contributed by atoms with van der Waals surface area (Å²) < 4.78 is 2.13. The Bertz CT molecular complexity index is 3230. The second-order valence-electron chi connectivity index (χ2n) is 17.4. The second-order valence-corrected chi connectivity index (χ2v) is 19.3. The van der Waals surface area contributed by atoms with Gasteiger partial charge in [0, 0.05) is 20.1 Å². The number of hydrogen-bond acceptors (Lipinski definition) is 2. The molecule has 0 fully saturated rings. The molecule has 8 aromatic rings. The van der Waals surface area contributed by atoms with E-state index in [2.05, 4.69) is 205 Å². The predicted octanol–water partition coefficient (Wildman–Crippen LogP) is 15.1. The van der Waals surface area contributed by atoms with Crippen molar-refractivity contribution in [1.82, 2.24) is 9.97 Å². The summed E-state index contributed by atoms with van der Waals surface area (Å²) in [5.74, 6) is 0. The number of fused-ring (bicyclic) bond motifs is 8. The van der Waals surface area contributed by atoms with Gasteiger partial charge in [-0.1, -0.05) is 152 Å². The molecular formula is C58H44Br2CuN4. The van der Waals surface area contributed by atoms with E-state index in [-0.39, 0.29) is 17.1 Å². The summed E-state index contributed by atoms with van der Waals surface area (Å²) in [7, 11) is 0. The summed E-state index contributed by atoms with van der Waals surface area (Å²) >= 11 is 7.30. The molecule has 0 atom stereocenters. The van der Waals surface area contributed by atoms with Crippen LogP contribution >= 0.6 is 31.9 Å². The monoisotopic (exact) mass is 1020 g/mol. The Kier molecular flexibility index (Phi) is 11.6. The largest absolute Gasteiger partial charge is 2.00 e. The minimum Gasteiger partial charge on any atom is -0.656 e. The minimum atomic E-state index is 0. The number of rotatable bonds is 4. The van der Waals surface area contributed by atoms with Gasteiger partial charge in [-0.25, -0.2) is 9.98 Å². The summed E-state index contributed by atoms with van der Waals surface area (Å²) in [5, 5.41) is 4.65.